The molecule has 0 bridgehead atoms. The van der Waals surface area contributed by atoms with Crippen LogP contribution >= 0.6 is 0 Å². The minimum atomic E-state index is -0.262. The van der Waals surface area contributed by atoms with Crippen LogP contribution < -0.4 is 0 Å². The number of hydrogen-bond donors (Lipinski definition) is 0. The molecular weight excluding hydrogens is 332 g/mol. The lowest BCUT2D eigenvalue weighted by Crippen LogP contribution is -2.57. The molecule has 4 rings (SSSR count). The maximum atomic E-state index is 6.27. The van der Waals surface area contributed by atoms with Gasteiger partial charge in [-0.1, -0.05) is 39.3 Å². The molecule has 4 aliphatic rings. The van der Waals surface area contributed by atoms with Crippen molar-refractivity contribution in [2.24, 2.45) is 40.4 Å². The molecule has 0 aromatic carbocycles. The van der Waals surface area contributed by atoms with Gasteiger partial charge in [-0.05, 0) is 101 Å². The molecule has 0 aromatic heterocycles. The van der Waals surface area contributed by atoms with Crippen molar-refractivity contribution in [1.29, 1.82) is 0 Å². The molecule has 0 aromatic rings. The molecule has 8 atom stereocenters. The van der Waals surface area contributed by atoms with Crippen molar-refractivity contribution in [3.8, 4) is 0 Å². The topological polar surface area (TPSA) is 18.5 Å². The molecule has 4 fully saturated rings. The summed E-state index contributed by atoms with van der Waals surface area (Å²) in [5.41, 5.74) is 1.75. The fraction of sp³-hybridized carbons (Fsp3) is 0.920. The first-order valence-electron chi connectivity index (χ1n) is 11.6. The zero-order valence-electron chi connectivity index (χ0n) is 18.6. The smallest absolute Gasteiger partial charge is 0.103 e. The van der Waals surface area contributed by atoms with Gasteiger partial charge in [-0.25, -0.2) is 9.78 Å². The highest BCUT2D eigenvalue weighted by molar-refractivity contribution is 5.24. The van der Waals surface area contributed by atoms with Crippen LogP contribution in [0.4, 0.5) is 0 Å². The van der Waals surface area contributed by atoms with Gasteiger partial charge >= 0.3 is 0 Å². The average molecular weight is 375 g/mol. The normalized spacial score (nSPS) is 50.1. The van der Waals surface area contributed by atoms with Crippen LogP contribution in [0.5, 0.6) is 0 Å². The Labute approximate surface area is 167 Å². The van der Waals surface area contributed by atoms with E-state index in [1.54, 1.807) is 0 Å². The van der Waals surface area contributed by atoms with Crippen molar-refractivity contribution in [2.45, 2.75) is 105 Å². The summed E-state index contributed by atoms with van der Waals surface area (Å²) in [5, 5.41) is 0. The van der Waals surface area contributed by atoms with E-state index >= 15 is 0 Å². The Bertz CT molecular complexity index is 590. The van der Waals surface area contributed by atoms with Gasteiger partial charge in [0.2, 0.25) is 0 Å². The Morgan fingerprint density at radius 1 is 1.00 bits per heavy atom. The molecular formula is C25H42O2. The minimum absolute atomic E-state index is 0.0948. The Balaban J connectivity index is 1.65. The predicted octanol–water partition coefficient (Wildman–Crippen LogP) is 6.95. The van der Waals surface area contributed by atoms with Gasteiger partial charge in [-0.3, -0.25) is 0 Å². The van der Waals surface area contributed by atoms with E-state index in [4.69, 9.17) is 9.78 Å². The Kier molecular flexibility index (Phi) is 4.87. The van der Waals surface area contributed by atoms with E-state index < -0.39 is 0 Å². The highest BCUT2D eigenvalue weighted by Crippen LogP contribution is 2.68. The maximum absolute atomic E-state index is 6.27. The number of hydrogen-bond acceptors (Lipinski definition) is 2. The summed E-state index contributed by atoms with van der Waals surface area (Å²) in [7, 11) is 0. The molecule has 0 radical (unpaired) electrons. The summed E-state index contributed by atoms with van der Waals surface area (Å²) in [6.07, 6.45) is 11.0. The van der Waals surface area contributed by atoms with Crippen molar-refractivity contribution >= 4 is 0 Å². The monoisotopic (exact) mass is 374 g/mol. The van der Waals surface area contributed by atoms with Gasteiger partial charge in [0.1, 0.15) is 6.10 Å². The van der Waals surface area contributed by atoms with Crippen molar-refractivity contribution in [1.82, 2.24) is 0 Å². The van der Waals surface area contributed by atoms with Crippen LogP contribution in [0.15, 0.2) is 12.2 Å². The molecule has 0 amide bonds. The molecule has 2 heteroatoms. The third kappa shape index (κ3) is 3.14. The summed E-state index contributed by atoms with van der Waals surface area (Å²) < 4.78 is 0. The number of fused-ring (bicyclic) bond motifs is 5. The summed E-state index contributed by atoms with van der Waals surface area (Å²) in [6.45, 7) is 18.3. The van der Waals surface area contributed by atoms with Gasteiger partial charge in [-0.15, -0.1) is 0 Å². The van der Waals surface area contributed by atoms with Crippen LogP contribution in [0.1, 0.15) is 92.9 Å². The van der Waals surface area contributed by atoms with E-state index in [2.05, 4.69) is 48.1 Å². The molecule has 0 N–H and O–H groups in total. The molecule has 27 heavy (non-hydrogen) atoms. The quantitative estimate of drug-likeness (QED) is 0.296. The maximum Gasteiger partial charge on any atom is 0.103 e. The van der Waals surface area contributed by atoms with Crippen LogP contribution in [0, 0.1) is 40.4 Å². The molecule has 2 nitrogen and oxygen atoms in total. The molecule has 4 saturated carbocycles. The molecule has 0 aliphatic heterocycles. The van der Waals surface area contributed by atoms with Gasteiger partial charge in [0.05, 0.1) is 5.60 Å². The molecule has 0 saturated heterocycles. The second-order valence-corrected chi connectivity index (χ2v) is 12.0. The summed E-state index contributed by atoms with van der Waals surface area (Å²) in [5.74, 6) is 4.21. The first kappa shape index (κ1) is 20.0. The second-order valence-electron chi connectivity index (χ2n) is 12.0. The lowest BCUT2D eigenvalue weighted by Gasteiger charge is -2.62. The third-order valence-electron chi connectivity index (χ3n) is 9.36. The largest absolute Gasteiger partial charge is 0.232 e. The Hall–Kier alpha value is -0.340. The second kappa shape index (κ2) is 6.59. The van der Waals surface area contributed by atoms with Crippen LogP contribution in [0.25, 0.3) is 0 Å². The van der Waals surface area contributed by atoms with Gasteiger partial charge in [0.25, 0.3) is 0 Å². The molecule has 2 unspecified atom stereocenters. The molecule has 4 aliphatic carbocycles. The third-order valence-corrected chi connectivity index (χ3v) is 9.36. The number of rotatable bonds is 2. The predicted molar refractivity (Wildman–Crippen MR) is 111 cm³/mol. The summed E-state index contributed by atoms with van der Waals surface area (Å²) in [4.78, 5) is 12.2. The Morgan fingerprint density at radius 3 is 2.44 bits per heavy atom. The molecule has 154 valence electrons. The highest BCUT2D eigenvalue weighted by Gasteiger charge is 2.62. The molecule has 0 heterocycles. The van der Waals surface area contributed by atoms with E-state index in [0.29, 0.717) is 5.41 Å². The van der Waals surface area contributed by atoms with Crippen LogP contribution in [-0.2, 0) is 9.78 Å². The lowest BCUT2D eigenvalue weighted by molar-refractivity contribution is -0.397. The van der Waals surface area contributed by atoms with Crippen LogP contribution in [0.3, 0.4) is 0 Å². The fourth-order valence-corrected chi connectivity index (χ4v) is 7.68. The molecule has 0 spiro atoms. The van der Waals surface area contributed by atoms with Crippen molar-refractivity contribution < 1.29 is 9.78 Å². The minimum Gasteiger partial charge on any atom is -0.232 e. The van der Waals surface area contributed by atoms with E-state index in [1.165, 1.54) is 50.5 Å². The van der Waals surface area contributed by atoms with E-state index in [0.717, 1.165) is 36.0 Å². The lowest BCUT2D eigenvalue weighted by atomic mass is 9.44. The fourth-order valence-electron chi connectivity index (χ4n) is 7.68. The van der Waals surface area contributed by atoms with Crippen LogP contribution in [0.2, 0.25) is 0 Å². The van der Waals surface area contributed by atoms with Gasteiger partial charge in [0.15, 0.2) is 0 Å². The standard InChI is InChI=1S/C25H42O2/c1-16-12-13-24(6)18(14-16)9-10-19-20-11-8-17(2)25(20,7)22(15-21(19)24)26-27-23(3,4)5/h16,18-22H,2,8-15H2,1,3-7H3/t16-,18-,19+,20+,21?,22?,24+,25-/m1/s1. The van der Waals surface area contributed by atoms with Gasteiger partial charge in [0, 0.05) is 5.41 Å². The van der Waals surface area contributed by atoms with Crippen molar-refractivity contribution in [3.05, 3.63) is 12.2 Å². The van der Waals surface area contributed by atoms with E-state index in [1.807, 2.05) is 0 Å². The Morgan fingerprint density at radius 2 is 1.74 bits per heavy atom. The van der Waals surface area contributed by atoms with Crippen molar-refractivity contribution in [2.75, 3.05) is 0 Å². The average Bonchev–Trinajstić information content (AvgIpc) is 2.89. The summed E-state index contributed by atoms with van der Waals surface area (Å²) >= 11 is 0. The zero-order valence-corrected chi connectivity index (χ0v) is 18.6. The highest BCUT2D eigenvalue weighted by atomic mass is 17.2. The van der Waals surface area contributed by atoms with E-state index in [-0.39, 0.29) is 17.1 Å². The van der Waals surface area contributed by atoms with Gasteiger partial charge in [-0.2, -0.15) is 0 Å². The summed E-state index contributed by atoms with van der Waals surface area (Å²) in [6, 6.07) is 0. The SMILES string of the molecule is C=C1CC[C@H]2[C@@H]3CC[C@@H]4C[C@H](C)CC[C@]4(C)C3CC(OOC(C)(C)C)[C@]12C. The zero-order chi connectivity index (χ0) is 19.6. The van der Waals surface area contributed by atoms with E-state index in [9.17, 15) is 0 Å². The van der Waals surface area contributed by atoms with Crippen LogP contribution in [-0.4, -0.2) is 11.7 Å². The van der Waals surface area contributed by atoms with Gasteiger partial charge < -0.3 is 0 Å². The van der Waals surface area contributed by atoms with Crippen molar-refractivity contribution in [3.63, 3.8) is 0 Å². The first-order chi connectivity index (χ1) is 12.6. The first-order valence-corrected chi connectivity index (χ1v) is 11.6.